The Morgan fingerprint density at radius 3 is 2.73 bits per heavy atom. The number of rotatable bonds is 6. The summed E-state index contributed by atoms with van der Waals surface area (Å²) in [4.78, 5) is 15.9. The maximum Gasteiger partial charge on any atom is 0.223 e. The molecule has 4 nitrogen and oxygen atoms in total. The van der Waals surface area contributed by atoms with E-state index in [1.54, 1.807) is 13.1 Å². The Kier molecular flexibility index (Phi) is 5.77. The van der Waals surface area contributed by atoms with Gasteiger partial charge in [-0.3, -0.25) is 4.79 Å². The number of carbonyl (C=O) groups is 1. The van der Waals surface area contributed by atoms with Crippen LogP contribution < -0.4 is 10.2 Å². The summed E-state index contributed by atoms with van der Waals surface area (Å²) >= 11 is 0. The molecule has 0 aliphatic carbocycles. The van der Waals surface area contributed by atoms with Crippen molar-refractivity contribution in [2.24, 2.45) is 5.92 Å². The molecule has 0 bridgehead atoms. The Bertz CT molecular complexity index is 515. The molecular weight excluding hydrogens is 281 g/mol. The van der Waals surface area contributed by atoms with Crippen LogP contribution in [0.2, 0.25) is 0 Å². The second kappa shape index (κ2) is 7.58. The number of nitrogens with zero attached hydrogens (tertiary/aromatic N) is 2. The van der Waals surface area contributed by atoms with Gasteiger partial charge in [-0.25, -0.2) is 4.39 Å². The summed E-state index contributed by atoms with van der Waals surface area (Å²) in [6.07, 6.45) is 2.33. The van der Waals surface area contributed by atoms with E-state index in [0.29, 0.717) is 13.1 Å². The van der Waals surface area contributed by atoms with Gasteiger partial charge in [-0.2, -0.15) is 0 Å². The van der Waals surface area contributed by atoms with Gasteiger partial charge in [0, 0.05) is 50.4 Å². The number of hydrogen-bond acceptors (Lipinski definition) is 3. The van der Waals surface area contributed by atoms with Crippen LogP contribution in [0.25, 0.3) is 0 Å². The van der Waals surface area contributed by atoms with Crippen molar-refractivity contribution in [3.63, 3.8) is 0 Å². The van der Waals surface area contributed by atoms with E-state index in [4.69, 9.17) is 0 Å². The largest absolute Gasteiger partial charge is 0.371 e. The number of halogens is 1. The zero-order valence-corrected chi connectivity index (χ0v) is 13.7. The number of hydrogen-bond donors (Lipinski definition) is 1. The Morgan fingerprint density at radius 1 is 1.41 bits per heavy atom. The van der Waals surface area contributed by atoms with Crippen LogP contribution >= 0.6 is 0 Å². The molecule has 0 unspecified atom stereocenters. The first-order valence-electron chi connectivity index (χ1n) is 7.95. The molecule has 1 fully saturated rings. The molecule has 1 aliphatic heterocycles. The first-order chi connectivity index (χ1) is 10.5. The molecule has 1 N–H and O–H groups in total. The van der Waals surface area contributed by atoms with Gasteiger partial charge in [0.05, 0.1) is 0 Å². The second-order valence-corrected chi connectivity index (χ2v) is 6.14. The lowest BCUT2D eigenvalue weighted by atomic mass is 10.1. The number of amides is 1. The van der Waals surface area contributed by atoms with Gasteiger partial charge in [-0.15, -0.1) is 0 Å². The normalized spacial score (nSPS) is 16.1. The van der Waals surface area contributed by atoms with E-state index in [1.165, 1.54) is 18.9 Å². The van der Waals surface area contributed by atoms with Gasteiger partial charge in [-0.1, -0.05) is 13.0 Å². The lowest BCUT2D eigenvalue weighted by Crippen LogP contribution is -2.34. The molecule has 5 heteroatoms. The van der Waals surface area contributed by atoms with Gasteiger partial charge >= 0.3 is 0 Å². The fourth-order valence-electron chi connectivity index (χ4n) is 3.09. The lowest BCUT2D eigenvalue weighted by molar-refractivity contribution is -0.124. The summed E-state index contributed by atoms with van der Waals surface area (Å²) in [7, 11) is 3.57. The predicted molar refractivity (Wildman–Crippen MR) is 87.4 cm³/mol. The fraction of sp³-hybridized carbons (Fsp3) is 0.588. The number of carbonyl (C=O) groups excluding carboxylic acids is 1. The van der Waals surface area contributed by atoms with Crippen LogP contribution in [0.5, 0.6) is 0 Å². The van der Waals surface area contributed by atoms with Crippen LogP contribution in [0.3, 0.4) is 0 Å². The van der Waals surface area contributed by atoms with E-state index in [9.17, 15) is 9.18 Å². The van der Waals surface area contributed by atoms with Gasteiger partial charge in [-0.05, 0) is 32.0 Å². The molecule has 2 rings (SSSR count). The van der Waals surface area contributed by atoms with Crippen LogP contribution in [-0.2, 0) is 11.3 Å². The third-order valence-corrected chi connectivity index (χ3v) is 4.25. The van der Waals surface area contributed by atoms with Crippen molar-refractivity contribution in [1.29, 1.82) is 0 Å². The minimum absolute atomic E-state index is 0.0140. The quantitative estimate of drug-likeness (QED) is 0.875. The van der Waals surface area contributed by atoms with Crippen LogP contribution in [0, 0.1) is 11.7 Å². The van der Waals surface area contributed by atoms with Gasteiger partial charge < -0.3 is 15.1 Å². The summed E-state index contributed by atoms with van der Waals surface area (Å²) in [5.41, 5.74) is 1.73. The molecule has 1 aliphatic rings. The van der Waals surface area contributed by atoms with E-state index in [2.05, 4.69) is 10.2 Å². The molecule has 1 heterocycles. The molecule has 1 saturated heterocycles. The highest BCUT2D eigenvalue weighted by molar-refractivity contribution is 5.78. The van der Waals surface area contributed by atoms with Crippen LogP contribution in [0.15, 0.2) is 18.2 Å². The van der Waals surface area contributed by atoms with Gasteiger partial charge in [0.25, 0.3) is 0 Å². The Balaban J connectivity index is 2.09. The zero-order chi connectivity index (χ0) is 16.1. The van der Waals surface area contributed by atoms with E-state index in [1.807, 2.05) is 24.9 Å². The van der Waals surface area contributed by atoms with E-state index >= 15 is 0 Å². The number of anilines is 1. The molecule has 0 aromatic heterocycles. The van der Waals surface area contributed by atoms with Gasteiger partial charge in [0.2, 0.25) is 5.91 Å². The highest BCUT2D eigenvalue weighted by atomic mass is 19.1. The molecule has 1 amide bonds. The summed E-state index contributed by atoms with van der Waals surface area (Å²) in [5, 5.41) is 2.65. The SMILES string of the molecule is CNC(=O)[C@H](C)CN(C)Cc1c(F)cccc1N1CCCC1. The maximum absolute atomic E-state index is 14.3. The van der Waals surface area contributed by atoms with Crippen LogP contribution in [0.1, 0.15) is 25.3 Å². The molecule has 0 spiro atoms. The van der Waals surface area contributed by atoms with Crippen LogP contribution in [0.4, 0.5) is 10.1 Å². The highest BCUT2D eigenvalue weighted by Crippen LogP contribution is 2.27. The van der Waals surface area contributed by atoms with Crippen molar-refractivity contribution in [2.45, 2.75) is 26.3 Å². The fourth-order valence-corrected chi connectivity index (χ4v) is 3.09. The van der Waals surface area contributed by atoms with Gasteiger partial charge in [0.1, 0.15) is 5.82 Å². The van der Waals surface area contributed by atoms with Crippen molar-refractivity contribution in [3.8, 4) is 0 Å². The molecule has 1 aromatic carbocycles. The molecular formula is C17H26FN3O. The van der Waals surface area contributed by atoms with Crippen molar-refractivity contribution in [1.82, 2.24) is 10.2 Å². The second-order valence-electron chi connectivity index (χ2n) is 6.14. The molecule has 22 heavy (non-hydrogen) atoms. The minimum Gasteiger partial charge on any atom is -0.371 e. The molecule has 0 radical (unpaired) electrons. The Morgan fingerprint density at radius 2 is 2.09 bits per heavy atom. The minimum atomic E-state index is -0.163. The first kappa shape index (κ1) is 16.7. The predicted octanol–water partition coefficient (Wildman–Crippen LogP) is 2.24. The first-order valence-corrected chi connectivity index (χ1v) is 7.95. The third-order valence-electron chi connectivity index (χ3n) is 4.25. The molecule has 1 atom stereocenters. The lowest BCUT2D eigenvalue weighted by Gasteiger charge is -2.26. The third kappa shape index (κ3) is 3.97. The molecule has 122 valence electrons. The monoisotopic (exact) mass is 307 g/mol. The molecule has 0 saturated carbocycles. The smallest absolute Gasteiger partial charge is 0.223 e. The average Bonchev–Trinajstić information content (AvgIpc) is 3.02. The van der Waals surface area contributed by atoms with Crippen molar-refractivity contribution >= 4 is 11.6 Å². The van der Waals surface area contributed by atoms with E-state index < -0.39 is 0 Å². The standard InChI is InChI=1S/C17H26FN3O/c1-13(17(22)19-2)11-20(3)12-14-15(18)7-6-8-16(14)21-9-4-5-10-21/h6-8,13H,4-5,9-12H2,1-3H3,(H,19,22)/t13-/m1/s1. The van der Waals surface area contributed by atoms with Crippen molar-refractivity contribution in [3.05, 3.63) is 29.6 Å². The highest BCUT2D eigenvalue weighted by Gasteiger charge is 2.20. The number of benzene rings is 1. The van der Waals surface area contributed by atoms with Crippen molar-refractivity contribution in [2.75, 3.05) is 38.6 Å². The van der Waals surface area contributed by atoms with E-state index in [-0.39, 0.29) is 17.6 Å². The Hall–Kier alpha value is -1.62. The Labute approximate surface area is 132 Å². The average molecular weight is 307 g/mol. The van der Waals surface area contributed by atoms with Gasteiger partial charge in [0.15, 0.2) is 0 Å². The summed E-state index contributed by atoms with van der Waals surface area (Å²) in [6, 6.07) is 5.30. The maximum atomic E-state index is 14.3. The summed E-state index contributed by atoms with van der Waals surface area (Å²) in [6.45, 7) is 5.00. The zero-order valence-electron chi connectivity index (χ0n) is 13.7. The summed E-state index contributed by atoms with van der Waals surface area (Å²) < 4.78 is 14.3. The topological polar surface area (TPSA) is 35.6 Å². The number of nitrogens with one attached hydrogen (secondary N) is 1. The molecule has 1 aromatic rings. The van der Waals surface area contributed by atoms with Crippen LogP contribution in [-0.4, -0.2) is 44.5 Å². The summed E-state index contributed by atoms with van der Waals surface area (Å²) in [5.74, 6) is -0.263. The van der Waals surface area contributed by atoms with Crippen molar-refractivity contribution < 1.29 is 9.18 Å². The van der Waals surface area contributed by atoms with E-state index in [0.717, 1.165) is 24.3 Å².